The zero-order valence-corrected chi connectivity index (χ0v) is 8.18. The maximum absolute atomic E-state index is 4.45. The average Bonchev–Trinajstić information content (AvgIpc) is 2.88. The topological polar surface area (TPSA) is 74.3 Å². The van der Waals surface area contributed by atoms with Crippen molar-refractivity contribution in [3.63, 3.8) is 0 Å². The number of benzene rings is 1. The number of hydrogen-bond acceptors (Lipinski definition) is 3. The number of nitrogens with one attached hydrogen (secondary N) is 2. The van der Waals surface area contributed by atoms with Gasteiger partial charge < -0.3 is 0 Å². The molecule has 0 atom stereocenters. The molecule has 4 rings (SSSR count). The largest absolute Gasteiger partial charge is 0.457 e. The Morgan fingerprint density at radius 1 is 1.19 bits per heavy atom. The molecule has 0 saturated carbocycles. The zero-order valence-electron chi connectivity index (χ0n) is 8.18. The first-order chi connectivity index (χ1) is 7.92. The van der Waals surface area contributed by atoms with Gasteiger partial charge in [-0.15, -0.1) is 5.21 Å². The van der Waals surface area contributed by atoms with E-state index in [1.807, 2.05) is 24.3 Å². The first-order valence-electron chi connectivity index (χ1n) is 4.92. The van der Waals surface area contributed by atoms with E-state index in [1.54, 1.807) is 0 Å². The summed E-state index contributed by atoms with van der Waals surface area (Å²) in [5, 5.41) is 16.0. The van der Waals surface area contributed by atoms with E-state index in [4.69, 9.17) is 0 Å². The van der Waals surface area contributed by atoms with Crippen molar-refractivity contribution >= 4 is 27.6 Å². The van der Waals surface area contributed by atoms with Gasteiger partial charge in [-0.3, -0.25) is 0 Å². The molecule has 76 valence electrons. The minimum Gasteiger partial charge on any atom is -0.116 e. The van der Waals surface area contributed by atoms with E-state index in [1.165, 1.54) is 4.63 Å². The van der Waals surface area contributed by atoms with E-state index in [2.05, 4.69) is 31.7 Å². The minimum absolute atomic E-state index is 0.531. The normalized spacial score (nSPS) is 11.8. The predicted molar refractivity (Wildman–Crippen MR) is 56.7 cm³/mol. The van der Waals surface area contributed by atoms with E-state index in [0.29, 0.717) is 5.78 Å². The predicted octanol–water partition coefficient (Wildman–Crippen LogP) is 0.573. The molecule has 0 fully saturated rings. The van der Waals surface area contributed by atoms with Crippen molar-refractivity contribution in [2.24, 2.45) is 0 Å². The third-order valence-corrected chi connectivity index (χ3v) is 2.67. The number of aromatic amines is 2. The molecular formula is C10H7N6+. The number of hydrogen-bond donors (Lipinski definition) is 2. The number of nitrogens with zero attached hydrogens (tertiary/aromatic N) is 4. The maximum atomic E-state index is 4.45. The van der Waals surface area contributed by atoms with Crippen LogP contribution >= 0.6 is 0 Å². The van der Waals surface area contributed by atoms with E-state index in [9.17, 15) is 0 Å². The monoisotopic (exact) mass is 211 g/mol. The Kier molecular flexibility index (Phi) is 1.23. The van der Waals surface area contributed by atoms with Gasteiger partial charge in [0.05, 0.1) is 5.10 Å². The molecular weight excluding hydrogens is 204 g/mol. The Bertz CT molecular complexity index is 812. The Morgan fingerprint density at radius 3 is 3.12 bits per heavy atom. The van der Waals surface area contributed by atoms with E-state index in [0.717, 1.165) is 21.8 Å². The van der Waals surface area contributed by atoms with Crippen molar-refractivity contribution in [1.82, 2.24) is 25.6 Å². The fourth-order valence-corrected chi connectivity index (χ4v) is 1.96. The highest BCUT2D eigenvalue weighted by Gasteiger charge is 2.14. The van der Waals surface area contributed by atoms with Crippen LogP contribution in [-0.2, 0) is 0 Å². The first-order valence-corrected chi connectivity index (χ1v) is 4.92. The van der Waals surface area contributed by atoms with Crippen LogP contribution in [0.4, 0.5) is 0 Å². The van der Waals surface area contributed by atoms with Gasteiger partial charge >= 0.3 is 5.78 Å². The maximum Gasteiger partial charge on any atom is 0.457 e. The van der Waals surface area contributed by atoms with Gasteiger partial charge in [0, 0.05) is 5.39 Å². The summed E-state index contributed by atoms with van der Waals surface area (Å²) in [6, 6.07) is 10.1. The van der Waals surface area contributed by atoms with E-state index >= 15 is 0 Å². The van der Waals surface area contributed by atoms with Crippen molar-refractivity contribution in [2.45, 2.75) is 0 Å². The molecule has 6 heteroatoms. The van der Waals surface area contributed by atoms with Crippen LogP contribution in [0.25, 0.3) is 27.6 Å². The molecule has 2 aromatic carbocycles. The number of fused-ring (bicyclic) bond motifs is 4. The zero-order chi connectivity index (χ0) is 10.5. The molecule has 0 aliphatic carbocycles. The van der Waals surface area contributed by atoms with Crippen molar-refractivity contribution < 1.29 is 4.63 Å². The summed E-state index contributed by atoms with van der Waals surface area (Å²) in [4.78, 5) is 4.45. The summed E-state index contributed by atoms with van der Waals surface area (Å²) in [5.41, 5.74) is 1.74. The number of H-pyrrole nitrogens is 2. The molecule has 4 aromatic rings. The molecule has 0 saturated heterocycles. The minimum atomic E-state index is 0.531. The summed E-state index contributed by atoms with van der Waals surface area (Å²) in [5.74, 6) is 0.531. The van der Waals surface area contributed by atoms with Gasteiger partial charge in [-0.25, -0.2) is 0 Å². The summed E-state index contributed by atoms with van der Waals surface area (Å²) in [6.07, 6.45) is 0. The Hall–Kier alpha value is -2.50. The van der Waals surface area contributed by atoms with Gasteiger partial charge in [0.1, 0.15) is 5.52 Å². The average molecular weight is 211 g/mol. The molecule has 2 heterocycles. The van der Waals surface area contributed by atoms with Gasteiger partial charge in [0.15, 0.2) is 5.52 Å². The van der Waals surface area contributed by atoms with Crippen LogP contribution in [0.15, 0.2) is 30.3 Å². The molecule has 0 aliphatic rings. The van der Waals surface area contributed by atoms with Crippen LogP contribution in [-0.4, -0.2) is 25.6 Å². The number of rotatable bonds is 0. The van der Waals surface area contributed by atoms with Crippen LogP contribution in [0.2, 0.25) is 0 Å². The fraction of sp³-hybridized carbons (Fsp3) is 0. The molecule has 0 spiro atoms. The van der Waals surface area contributed by atoms with Crippen molar-refractivity contribution in [2.75, 3.05) is 0 Å². The van der Waals surface area contributed by atoms with Crippen LogP contribution < -0.4 is 4.63 Å². The van der Waals surface area contributed by atoms with Gasteiger partial charge in [0.2, 0.25) is 0 Å². The summed E-state index contributed by atoms with van der Waals surface area (Å²) in [6.45, 7) is 0. The molecule has 2 N–H and O–H groups in total. The van der Waals surface area contributed by atoms with E-state index in [-0.39, 0.29) is 0 Å². The molecule has 0 radical (unpaired) electrons. The highest BCUT2D eigenvalue weighted by atomic mass is 15.6. The lowest BCUT2D eigenvalue weighted by Gasteiger charge is -1.86. The molecule has 2 aromatic heterocycles. The smallest absolute Gasteiger partial charge is 0.116 e. The highest BCUT2D eigenvalue weighted by Crippen LogP contribution is 2.24. The van der Waals surface area contributed by atoms with Crippen molar-refractivity contribution in [3.8, 4) is 0 Å². The third kappa shape index (κ3) is 0.855. The van der Waals surface area contributed by atoms with Crippen LogP contribution in [0.5, 0.6) is 0 Å². The van der Waals surface area contributed by atoms with Gasteiger partial charge in [-0.05, 0) is 16.1 Å². The molecule has 0 bridgehead atoms. The number of tetrazole rings is 1. The van der Waals surface area contributed by atoms with Crippen molar-refractivity contribution in [1.29, 1.82) is 0 Å². The lowest BCUT2D eigenvalue weighted by Crippen LogP contribution is -2.29. The third-order valence-electron chi connectivity index (χ3n) is 2.67. The first kappa shape index (κ1) is 7.75. The summed E-state index contributed by atoms with van der Waals surface area (Å²) in [7, 11) is 0. The molecule has 0 amide bonds. The second-order valence-corrected chi connectivity index (χ2v) is 3.62. The lowest BCUT2D eigenvalue weighted by molar-refractivity contribution is -0.644. The van der Waals surface area contributed by atoms with Crippen LogP contribution in [0, 0.1) is 0 Å². The van der Waals surface area contributed by atoms with Gasteiger partial charge in [-0.1, -0.05) is 39.6 Å². The SMILES string of the molecule is c1ccc2c(c1)cc1n[n+]3[nH][nH]nc3nc12. The summed E-state index contributed by atoms with van der Waals surface area (Å²) >= 11 is 0. The molecule has 0 aliphatic heterocycles. The second kappa shape index (κ2) is 2.54. The summed E-state index contributed by atoms with van der Waals surface area (Å²) < 4.78 is 1.52. The standard InChI is InChI=1S/C10H6N6/c1-2-4-7-6(3-1)5-8-9(7)11-10-12-14-15-16(10)13-8/h1-5H,(H,11,12,13,15)/p+1. The lowest BCUT2D eigenvalue weighted by atomic mass is 10.2. The second-order valence-electron chi connectivity index (χ2n) is 3.62. The van der Waals surface area contributed by atoms with Crippen LogP contribution in [0.3, 0.4) is 0 Å². The van der Waals surface area contributed by atoms with Crippen LogP contribution in [0.1, 0.15) is 0 Å². The Morgan fingerprint density at radius 2 is 2.12 bits per heavy atom. The van der Waals surface area contributed by atoms with Crippen molar-refractivity contribution in [3.05, 3.63) is 30.3 Å². The Labute approximate surface area is 88.9 Å². The molecule has 6 nitrogen and oxygen atoms in total. The highest BCUT2D eigenvalue weighted by molar-refractivity contribution is 6.08. The van der Waals surface area contributed by atoms with Gasteiger partial charge in [-0.2, -0.15) is 0 Å². The fourth-order valence-electron chi connectivity index (χ4n) is 1.96. The molecule has 0 unspecified atom stereocenters. The van der Waals surface area contributed by atoms with Gasteiger partial charge in [0.25, 0.3) is 0 Å². The molecule has 16 heavy (non-hydrogen) atoms. The quantitative estimate of drug-likeness (QED) is 0.418. The number of aromatic nitrogens is 6. The van der Waals surface area contributed by atoms with E-state index < -0.39 is 0 Å². The Balaban J connectivity index is 2.32.